The largest absolute Gasteiger partial charge is 0.411 e. The minimum atomic E-state index is -0.258. The predicted molar refractivity (Wildman–Crippen MR) is 107 cm³/mol. The van der Waals surface area contributed by atoms with E-state index in [-0.39, 0.29) is 5.82 Å². The van der Waals surface area contributed by atoms with Crippen molar-refractivity contribution in [1.29, 1.82) is 0 Å². The number of aromatic nitrogens is 4. The first-order valence-electron chi connectivity index (χ1n) is 8.33. The SMILES string of the molecule is Fc1ccc(-c2cc3ncnc(Sc4nnc(-c5ccccc5)o4)c3s2)cc1. The van der Waals surface area contributed by atoms with E-state index in [1.54, 1.807) is 23.5 Å². The van der Waals surface area contributed by atoms with Crippen molar-refractivity contribution in [3.8, 4) is 21.9 Å². The lowest BCUT2D eigenvalue weighted by Gasteiger charge is -1.97. The van der Waals surface area contributed by atoms with Gasteiger partial charge in [-0.05, 0) is 47.7 Å². The van der Waals surface area contributed by atoms with Crippen LogP contribution in [-0.4, -0.2) is 20.2 Å². The van der Waals surface area contributed by atoms with E-state index in [0.717, 1.165) is 31.2 Å². The second kappa shape index (κ2) is 7.14. The molecule has 0 atom stereocenters. The molecule has 0 amide bonds. The number of fused-ring (bicyclic) bond motifs is 1. The Bertz CT molecular complexity index is 1250. The van der Waals surface area contributed by atoms with Gasteiger partial charge in [-0.25, -0.2) is 14.4 Å². The molecular weight excluding hydrogens is 395 g/mol. The van der Waals surface area contributed by atoms with E-state index in [2.05, 4.69) is 20.2 Å². The van der Waals surface area contributed by atoms with Gasteiger partial charge in [-0.2, -0.15) is 0 Å². The Morgan fingerprint density at radius 1 is 0.893 bits per heavy atom. The maximum atomic E-state index is 13.2. The molecule has 0 saturated heterocycles. The van der Waals surface area contributed by atoms with Crippen LogP contribution in [0.2, 0.25) is 0 Å². The lowest BCUT2D eigenvalue weighted by Crippen LogP contribution is -1.82. The van der Waals surface area contributed by atoms with Crippen LogP contribution in [0.4, 0.5) is 4.39 Å². The molecule has 136 valence electrons. The molecule has 0 aliphatic carbocycles. The van der Waals surface area contributed by atoms with Gasteiger partial charge in [0, 0.05) is 10.4 Å². The van der Waals surface area contributed by atoms with Crippen LogP contribution in [0, 0.1) is 5.82 Å². The molecule has 2 aromatic carbocycles. The third-order valence-electron chi connectivity index (χ3n) is 4.02. The van der Waals surface area contributed by atoms with Crippen LogP contribution in [-0.2, 0) is 0 Å². The third kappa shape index (κ3) is 3.28. The van der Waals surface area contributed by atoms with E-state index in [1.165, 1.54) is 30.2 Å². The number of hydrogen-bond donors (Lipinski definition) is 0. The molecule has 3 heterocycles. The molecule has 0 fully saturated rings. The predicted octanol–water partition coefficient (Wildman–Crippen LogP) is 5.70. The van der Waals surface area contributed by atoms with Crippen LogP contribution in [0.5, 0.6) is 0 Å². The number of benzene rings is 2. The van der Waals surface area contributed by atoms with E-state index < -0.39 is 0 Å². The fourth-order valence-corrected chi connectivity index (χ4v) is 4.61. The van der Waals surface area contributed by atoms with Crippen LogP contribution in [0.15, 0.2) is 81.7 Å². The zero-order valence-corrected chi connectivity index (χ0v) is 15.9. The second-order valence-corrected chi connectivity index (χ2v) is 7.84. The Labute approximate surface area is 167 Å². The summed E-state index contributed by atoms with van der Waals surface area (Å²) in [6, 6.07) is 18.0. The smallest absolute Gasteiger partial charge is 0.283 e. The number of rotatable bonds is 4. The minimum Gasteiger partial charge on any atom is -0.411 e. The number of thiophene rings is 1. The van der Waals surface area contributed by atoms with Crippen LogP contribution >= 0.6 is 23.1 Å². The number of halogens is 1. The Kier molecular flexibility index (Phi) is 4.34. The molecule has 28 heavy (non-hydrogen) atoms. The van der Waals surface area contributed by atoms with E-state index in [1.807, 2.05) is 36.4 Å². The maximum absolute atomic E-state index is 13.2. The van der Waals surface area contributed by atoms with Gasteiger partial charge in [0.25, 0.3) is 5.22 Å². The van der Waals surface area contributed by atoms with Crippen molar-refractivity contribution in [2.75, 3.05) is 0 Å². The Hall–Kier alpha value is -3.10. The summed E-state index contributed by atoms with van der Waals surface area (Å²) < 4.78 is 19.9. The summed E-state index contributed by atoms with van der Waals surface area (Å²) in [4.78, 5) is 9.72. The van der Waals surface area contributed by atoms with Crippen molar-refractivity contribution in [3.05, 3.63) is 72.8 Å². The van der Waals surface area contributed by atoms with Crippen LogP contribution in [0.1, 0.15) is 0 Å². The lowest BCUT2D eigenvalue weighted by molar-refractivity contribution is 0.465. The standard InChI is InChI=1S/C20H11FN4OS2/c21-14-8-6-12(7-9-14)16-10-15-17(27-16)19(23-11-22-15)28-20-25-24-18(26-20)13-4-2-1-3-5-13/h1-11H. The highest BCUT2D eigenvalue weighted by Gasteiger charge is 2.15. The first-order chi connectivity index (χ1) is 13.8. The maximum Gasteiger partial charge on any atom is 0.283 e. The molecule has 0 bridgehead atoms. The molecule has 3 aromatic heterocycles. The van der Waals surface area contributed by atoms with Gasteiger partial charge in [-0.15, -0.1) is 21.5 Å². The quantitative estimate of drug-likeness (QED) is 0.357. The molecule has 0 spiro atoms. The van der Waals surface area contributed by atoms with Gasteiger partial charge < -0.3 is 4.42 Å². The van der Waals surface area contributed by atoms with Crippen molar-refractivity contribution in [1.82, 2.24) is 20.2 Å². The van der Waals surface area contributed by atoms with E-state index in [4.69, 9.17) is 4.42 Å². The highest BCUT2D eigenvalue weighted by molar-refractivity contribution is 7.99. The molecule has 0 aliphatic rings. The fraction of sp³-hybridized carbons (Fsp3) is 0. The van der Waals surface area contributed by atoms with Crippen LogP contribution in [0.25, 0.3) is 32.1 Å². The van der Waals surface area contributed by atoms with Gasteiger partial charge in [0.15, 0.2) is 0 Å². The van der Waals surface area contributed by atoms with Gasteiger partial charge in [0.2, 0.25) is 5.89 Å². The summed E-state index contributed by atoms with van der Waals surface area (Å²) in [5, 5.41) is 9.38. The van der Waals surface area contributed by atoms with Crippen molar-refractivity contribution >= 4 is 33.3 Å². The average Bonchev–Trinajstić information content (AvgIpc) is 3.37. The summed E-state index contributed by atoms with van der Waals surface area (Å²) in [5.74, 6) is 0.207. The number of nitrogens with zero attached hydrogens (tertiary/aromatic N) is 4. The van der Waals surface area contributed by atoms with E-state index >= 15 is 0 Å². The topological polar surface area (TPSA) is 64.7 Å². The second-order valence-electron chi connectivity index (χ2n) is 5.85. The van der Waals surface area contributed by atoms with Gasteiger partial charge in [-0.3, -0.25) is 0 Å². The van der Waals surface area contributed by atoms with Crippen LogP contribution in [0.3, 0.4) is 0 Å². The highest BCUT2D eigenvalue weighted by Crippen LogP contribution is 2.39. The normalized spacial score (nSPS) is 11.2. The Morgan fingerprint density at radius 3 is 2.54 bits per heavy atom. The molecular formula is C20H11FN4OS2. The molecule has 0 aliphatic heterocycles. The van der Waals surface area contributed by atoms with E-state index in [0.29, 0.717) is 11.1 Å². The molecule has 5 aromatic rings. The Morgan fingerprint density at radius 2 is 1.71 bits per heavy atom. The molecule has 0 saturated carbocycles. The summed E-state index contributed by atoms with van der Waals surface area (Å²) >= 11 is 2.85. The lowest BCUT2D eigenvalue weighted by atomic mass is 10.2. The monoisotopic (exact) mass is 406 g/mol. The summed E-state index contributed by atoms with van der Waals surface area (Å²) in [6.07, 6.45) is 1.51. The van der Waals surface area contributed by atoms with Crippen LogP contribution < -0.4 is 0 Å². The summed E-state index contributed by atoms with van der Waals surface area (Å²) in [5.41, 5.74) is 2.62. The average molecular weight is 406 g/mol. The van der Waals surface area contributed by atoms with Gasteiger partial charge in [-0.1, -0.05) is 30.3 Å². The van der Waals surface area contributed by atoms with Gasteiger partial charge in [0.05, 0.1) is 10.2 Å². The molecule has 0 N–H and O–H groups in total. The summed E-state index contributed by atoms with van der Waals surface area (Å²) in [6.45, 7) is 0. The first-order valence-corrected chi connectivity index (χ1v) is 9.97. The highest BCUT2D eigenvalue weighted by atomic mass is 32.2. The molecule has 0 radical (unpaired) electrons. The van der Waals surface area contributed by atoms with E-state index in [9.17, 15) is 4.39 Å². The molecule has 5 nitrogen and oxygen atoms in total. The van der Waals surface area contributed by atoms with Gasteiger partial charge in [0.1, 0.15) is 17.2 Å². The third-order valence-corrected chi connectivity index (χ3v) is 6.17. The van der Waals surface area contributed by atoms with Crippen molar-refractivity contribution in [2.24, 2.45) is 0 Å². The Balaban J connectivity index is 1.48. The molecule has 5 rings (SSSR count). The molecule has 0 unspecified atom stereocenters. The zero-order chi connectivity index (χ0) is 18.9. The summed E-state index contributed by atoms with van der Waals surface area (Å²) in [7, 11) is 0. The molecule has 8 heteroatoms. The first kappa shape index (κ1) is 17.0. The fourth-order valence-electron chi connectivity index (χ4n) is 2.69. The van der Waals surface area contributed by atoms with Gasteiger partial charge >= 0.3 is 0 Å². The zero-order valence-electron chi connectivity index (χ0n) is 14.2. The minimum absolute atomic E-state index is 0.258. The van der Waals surface area contributed by atoms with Crippen molar-refractivity contribution in [3.63, 3.8) is 0 Å². The number of hydrogen-bond acceptors (Lipinski definition) is 7. The van der Waals surface area contributed by atoms with Crippen molar-refractivity contribution < 1.29 is 8.81 Å². The van der Waals surface area contributed by atoms with Crippen molar-refractivity contribution in [2.45, 2.75) is 10.2 Å².